The average molecular weight is 618 g/mol. The lowest BCUT2D eigenvalue weighted by Gasteiger charge is -2.39. The summed E-state index contributed by atoms with van der Waals surface area (Å²) in [6.07, 6.45) is -4.16. The SMILES string of the molecule is CN1CCC(COc2ccc3[nH]c(C(=O)N4CCc5c4cc(O[C@@H]4OC(CO)[C@H](O)[C@H](O)C4O)c4ccccc54)cc3c2)CC1. The number of amides is 1. The number of aliphatic hydroxyl groups is 4. The van der Waals surface area contributed by atoms with Crippen molar-refractivity contribution in [3.8, 4) is 11.5 Å². The molecule has 0 radical (unpaired) electrons. The van der Waals surface area contributed by atoms with Gasteiger partial charge in [-0.15, -0.1) is 0 Å². The molecule has 0 aliphatic carbocycles. The molecule has 5 atom stereocenters. The Labute approximate surface area is 260 Å². The summed E-state index contributed by atoms with van der Waals surface area (Å²) in [6, 6.07) is 17.1. The van der Waals surface area contributed by atoms with E-state index < -0.39 is 37.3 Å². The van der Waals surface area contributed by atoms with E-state index in [0.29, 0.717) is 42.6 Å². The van der Waals surface area contributed by atoms with Gasteiger partial charge in [0, 0.05) is 28.9 Å². The van der Waals surface area contributed by atoms with Crippen LogP contribution in [0.5, 0.6) is 11.5 Å². The molecule has 0 saturated carbocycles. The molecular formula is C34H39N3O8. The second-order valence-electron chi connectivity index (χ2n) is 12.4. The fourth-order valence-corrected chi connectivity index (χ4v) is 6.74. The van der Waals surface area contributed by atoms with Crippen LogP contribution in [0.15, 0.2) is 54.6 Å². The zero-order valence-corrected chi connectivity index (χ0v) is 25.1. The van der Waals surface area contributed by atoms with Crippen LogP contribution >= 0.6 is 0 Å². The fourth-order valence-electron chi connectivity index (χ4n) is 6.74. The third-order valence-electron chi connectivity index (χ3n) is 9.45. The molecule has 1 aromatic heterocycles. The number of H-pyrrole nitrogens is 1. The lowest BCUT2D eigenvalue weighted by molar-refractivity contribution is -0.277. The van der Waals surface area contributed by atoms with Gasteiger partial charge in [-0.1, -0.05) is 24.3 Å². The minimum absolute atomic E-state index is 0.187. The van der Waals surface area contributed by atoms with Crippen LogP contribution in [0.25, 0.3) is 21.7 Å². The van der Waals surface area contributed by atoms with Crippen LogP contribution in [-0.2, 0) is 11.2 Å². The Kier molecular flexibility index (Phi) is 8.15. The summed E-state index contributed by atoms with van der Waals surface area (Å²) in [5.74, 6) is 1.48. The van der Waals surface area contributed by atoms with Gasteiger partial charge in [-0.25, -0.2) is 0 Å². The second kappa shape index (κ2) is 12.2. The predicted octanol–water partition coefficient (Wildman–Crippen LogP) is 2.42. The predicted molar refractivity (Wildman–Crippen MR) is 168 cm³/mol. The molecule has 238 valence electrons. The number of nitrogens with zero attached hydrogens (tertiary/aromatic N) is 2. The molecule has 2 unspecified atom stereocenters. The number of hydrogen-bond acceptors (Lipinski definition) is 9. The van der Waals surface area contributed by atoms with Crippen LogP contribution in [0, 0.1) is 5.92 Å². The van der Waals surface area contributed by atoms with Crippen LogP contribution in [0.2, 0.25) is 0 Å². The van der Waals surface area contributed by atoms with Crippen LogP contribution in [0.3, 0.4) is 0 Å². The number of carbonyl (C=O) groups is 1. The molecule has 3 aromatic carbocycles. The minimum atomic E-state index is -1.57. The smallest absolute Gasteiger partial charge is 0.274 e. The van der Waals surface area contributed by atoms with E-state index in [2.05, 4.69) is 16.9 Å². The van der Waals surface area contributed by atoms with Gasteiger partial charge < -0.3 is 49.4 Å². The number of likely N-dealkylation sites (tertiary alicyclic amines) is 1. The number of rotatable bonds is 7. The standard InChI is InChI=1S/C34H39N3O8/c1-36-11-8-19(9-12-36)18-43-21-6-7-25-20(14-21)15-26(35-25)33(42)37-13-10-23-22-4-2-3-5-24(22)28(16-27(23)37)44-34-32(41)31(40)30(39)29(17-38)45-34/h2-7,14-16,19,29-32,34-35,38-41H,8-13,17-18H2,1H3/t29?,30-,31-,32?,34+/m0/s1. The number of benzene rings is 3. The van der Waals surface area contributed by atoms with Crippen molar-refractivity contribution in [3.63, 3.8) is 0 Å². The fraction of sp³-hybridized carbons (Fsp3) is 0.441. The maximum atomic E-state index is 13.9. The van der Waals surface area contributed by atoms with Gasteiger partial charge in [0.05, 0.1) is 18.9 Å². The molecule has 3 aliphatic rings. The van der Waals surface area contributed by atoms with Gasteiger partial charge in [-0.2, -0.15) is 0 Å². The summed E-state index contributed by atoms with van der Waals surface area (Å²) >= 11 is 0. The average Bonchev–Trinajstić information content (AvgIpc) is 3.69. The molecule has 0 spiro atoms. The van der Waals surface area contributed by atoms with Gasteiger partial charge in [-0.3, -0.25) is 4.79 Å². The molecule has 45 heavy (non-hydrogen) atoms. The zero-order chi connectivity index (χ0) is 31.2. The van der Waals surface area contributed by atoms with E-state index in [1.54, 1.807) is 11.0 Å². The number of aliphatic hydroxyl groups excluding tert-OH is 4. The molecule has 11 heteroatoms. The van der Waals surface area contributed by atoms with E-state index in [0.717, 1.165) is 58.9 Å². The molecule has 7 rings (SSSR count). The highest BCUT2D eigenvalue weighted by Crippen LogP contribution is 2.42. The summed E-state index contributed by atoms with van der Waals surface area (Å²) in [5.41, 5.74) is 2.98. The Morgan fingerprint density at radius 3 is 2.53 bits per heavy atom. The Balaban J connectivity index is 1.14. The van der Waals surface area contributed by atoms with Crippen molar-refractivity contribution < 1.29 is 39.4 Å². The van der Waals surface area contributed by atoms with Crippen LogP contribution in [0.4, 0.5) is 5.69 Å². The van der Waals surface area contributed by atoms with E-state index in [4.69, 9.17) is 14.2 Å². The van der Waals surface area contributed by atoms with Crippen LogP contribution in [-0.4, -0.2) is 107 Å². The van der Waals surface area contributed by atoms with Crippen molar-refractivity contribution in [1.82, 2.24) is 9.88 Å². The zero-order valence-electron chi connectivity index (χ0n) is 25.1. The maximum Gasteiger partial charge on any atom is 0.274 e. The molecule has 1 amide bonds. The lowest BCUT2D eigenvalue weighted by atomic mass is 9.98. The lowest BCUT2D eigenvalue weighted by Crippen LogP contribution is -2.60. The highest BCUT2D eigenvalue weighted by molar-refractivity contribution is 6.11. The molecule has 4 aromatic rings. The molecule has 4 heterocycles. The quantitative estimate of drug-likeness (QED) is 0.211. The summed E-state index contributed by atoms with van der Waals surface area (Å²) in [7, 11) is 2.15. The van der Waals surface area contributed by atoms with Gasteiger partial charge in [0.15, 0.2) is 0 Å². The number of nitrogens with one attached hydrogen (secondary N) is 1. The molecule has 5 N–H and O–H groups in total. The van der Waals surface area contributed by atoms with E-state index in [9.17, 15) is 25.2 Å². The monoisotopic (exact) mass is 617 g/mol. The minimum Gasteiger partial charge on any atom is -0.493 e. The first-order valence-corrected chi connectivity index (χ1v) is 15.6. The number of fused-ring (bicyclic) bond motifs is 4. The van der Waals surface area contributed by atoms with Crippen molar-refractivity contribution >= 4 is 33.3 Å². The Bertz CT molecular complexity index is 1700. The Morgan fingerprint density at radius 2 is 1.76 bits per heavy atom. The maximum absolute atomic E-state index is 13.9. The molecular weight excluding hydrogens is 578 g/mol. The number of anilines is 1. The second-order valence-corrected chi connectivity index (χ2v) is 12.4. The molecule has 2 fully saturated rings. The van der Waals surface area contributed by atoms with Gasteiger partial charge in [0.2, 0.25) is 6.29 Å². The topological polar surface area (TPSA) is 148 Å². The van der Waals surface area contributed by atoms with E-state index >= 15 is 0 Å². The number of carbonyl (C=O) groups excluding carboxylic acids is 1. The van der Waals surface area contributed by atoms with Gasteiger partial charge in [0.25, 0.3) is 5.91 Å². The van der Waals surface area contributed by atoms with Crippen molar-refractivity contribution in [2.24, 2.45) is 5.92 Å². The van der Waals surface area contributed by atoms with E-state index in [-0.39, 0.29) is 5.91 Å². The van der Waals surface area contributed by atoms with Crippen molar-refractivity contribution in [2.45, 2.75) is 50.0 Å². The first-order valence-electron chi connectivity index (χ1n) is 15.6. The van der Waals surface area contributed by atoms with Crippen LogP contribution in [0.1, 0.15) is 28.9 Å². The first-order chi connectivity index (χ1) is 21.8. The molecule has 2 saturated heterocycles. The molecule has 3 aliphatic heterocycles. The third kappa shape index (κ3) is 5.65. The summed E-state index contributed by atoms with van der Waals surface area (Å²) in [5, 5.41) is 43.3. The Morgan fingerprint density at radius 1 is 0.978 bits per heavy atom. The van der Waals surface area contributed by atoms with Gasteiger partial charge in [-0.05, 0) is 80.5 Å². The van der Waals surface area contributed by atoms with Crippen LogP contribution < -0.4 is 14.4 Å². The largest absolute Gasteiger partial charge is 0.493 e. The summed E-state index contributed by atoms with van der Waals surface area (Å²) in [4.78, 5) is 21.3. The van der Waals surface area contributed by atoms with Gasteiger partial charge >= 0.3 is 0 Å². The number of ether oxygens (including phenoxy) is 3. The van der Waals surface area contributed by atoms with Crippen molar-refractivity contribution in [2.75, 3.05) is 44.8 Å². The highest BCUT2D eigenvalue weighted by Gasteiger charge is 2.45. The summed E-state index contributed by atoms with van der Waals surface area (Å²) < 4.78 is 17.9. The van der Waals surface area contributed by atoms with E-state index in [1.165, 1.54) is 0 Å². The van der Waals surface area contributed by atoms with Crippen molar-refractivity contribution in [1.29, 1.82) is 0 Å². The molecule has 0 bridgehead atoms. The van der Waals surface area contributed by atoms with Crippen molar-refractivity contribution in [3.05, 3.63) is 65.9 Å². The highest BCUT2D eigenvalue weighted by atomic mass is 16.7. The number of aromatic amines is 1. The Hall–Kier alpha value is -3.71. The normalized spacial score (nSPS) is 26.0. The van der Waals surface area contributed by atoms with E-state index in [1.807, 2.05) is 48.5 Å². The molecule has 11 nitrogen and oxygen atoms in total. The summed E-state index contributed by atoms with van der Waals surface area (Å²) in [6.45, 7) is 2.78. The third-order valence-corrected chi connectivity index (χ3v) is 9.45. The number of aromatic nitrogens is 1. The number of piperidine rings is 1. The first kappa shape index (κ1) is 30.0. The van der Waals surface area contributed by atoms with Gasteiger partial charge in [0.1, 0.15) is 41.6 Å². The number of hydrogen-bond donors (Lipinski definition) is 5.